The van der Waals surface area contributed by atoms with E-state index in [0.29, 0.717) is 11.3 Å². The monoisotopic (exact) mass is 240 g/mol. The van der Waals surface area contributed by atoms with Gasteiger partial charge in [-0.1, -0.05) is 11.6 Å². The number of hydrogen-bond donors (Lipinski definition) is 0. The van der Waals surface area contributed by atoms with Crippen molar-refractivity contribution in [1.82, 2.24) is 9.97 Å². The second kappa shape index (κ2) is 4.14. The highest BCUT2D eigenvalue weighted by atomic mass is 35.5. The molecule has 0 unspecified atom stereocenters. The lowest BCUT2D eigenvalue weighted by Gasteiger charge is -2.02. The third-order valence-electron chi connectivity index (χ3n) is 2.00. The number of nitrogens with zero attached hydrogens (tertiary/aromatic N) is 2. The van der Waals surface area contributed by atoms with Gasteiger partial charge >= 0.3 is 0 Å². The van der Waals surface area contributed by atoms with Crippen molar-refractivity contribution < 1.29 is 8.78 Å². The minimum Gasteiger partial charge on any atom is -0.233 e. The first kappa shape index (κ1) is 11.0. The Morgan fingerprint density at radius 1 is 1.06 bits per heavy atom. The Bertz CT molecular complexity index is 523. The molecule has 0 atom stereocenters. The molecule has 2 nitrogen and oxygen atoms in total. The zero-order valence-corrected chi connectivity index (χ0v) is 9.09. The van der Waals surface area contributed by atoms with Crippen LogP contribution in [0.1, 0.15) is 5.69 Å². The van der Waals surface area contributed by atoms with Gasteiger partial charge in [-0.15, -0.1) is 0 Å². The van der Waals surface area contributed by atoms with Crippen LogP contribution in [0.15, 0.2) is 24.3 Å². The number of aromatic nitrogens is 2. The van der Waals surface area contributed by atoms with E-state index in [1.54, 1.807) is 13.0 Å². The summed E-state index contributed by atoms with van der Waals surface area (Å²) in [5.74, 6) is -1.55. The molecular formula is C11H7ClF2N2. The van der Waals surface area contributed by atoms with Gasteiger partial charge in [-0.05, 0) is 31.2 Å². The maximum Gasteiger partial charge on any atom is 0.161 e. The summed E-state index contributed by atoms with van der Waals surface area (Å²) in [6.07, 6.45) is 0. The van der Waals surface area contributed by atoms with Crippen LogP contribution >= 0.6 is 11.6 Å². The van der Waals surface area contributed by atoms with Crippen LogP contribution in [0.4, 0.5) is 8.78 Å². The largest absolute Gasteiger partial charge is 0.233 e. The zero-order chi connectivity index (χ0) is 11.7. The maximum absolute atomic E-state index is 13.0. The second-order valence-corrected chi connectivity index (χ2v) is 3.67. The molecule has 0 amide bonds. The van der Waals surface area contributed by atoms with Crippen molar-refractivity contribution in [1.29, 1.82) is 0 Å². The standard InChI is InChI=1S/C11H7ClF2N2/c1-6-4-10(12)16-11(15-6)7-2-3-8(13)9(14)5-7/h2-5H,1H3. The molecule has 0 aliphatic rings. The van der Waals surface area contributed by atoms with E-state index in [1.165, 1.54) is 6.07 Å². The van der Waals surface area contributed by atoms with Crippen LogP contribution in [0.25, 0.3) is 11.4 Å². The van der Waals surface area contributed by atoms with Gasteiger partial charge in [-0.2, -0.15) is 0 Å². The molecule has 5 heteroatoms. The van der Waals surface area contributed by atoms with Crippen LogP contribution in [0, 0.1) is 18.6 Å². The van der Waals surface area contributed by atoms with Gasteiger partial charge in [0.25, 0.3) is 0 Å². The molecule has 82 valence electrons. The Labute approximate surface area is 95.9 Å². The van der Waals surface area contributed by atoms with Crippen molar-refractivity contribution in [3.63, 3.8) is 0 Å². The Morgan fingerprint density at radius 2 is 1.81 bits per heavy atom. The summed E-state index contributed by atoms with van der Waals surface area (Å²) in [6, 6.07) is 5.07. The second-order valence-electron chi connectivity index (χ2n) is 3.28. The minimum absolute atomic E-state index is 0.271. The molecule has 0 aliphatic heterocycles. The van der Waals surface area contributed by atoms with E-state index in [9.17, 15) is 8.78 Å². The Kier molecular flexibility index (Phi) is 2.83. The molecule has 0 spiro atoms. The van der Waals surface area contributed by atoms with E-state index in [1.807, 2.05) is 0 Å². The van der Waals surface area contributed by atoms with Crippen molar-refractivity contribution in [2.45, 2.75) is 6.92 Å². The number of aryl methyl sites for hydroxylation is 1. The predicted octanol–water partition coefficient (Wildman–Crippen LogP) is 3.38. The molecular weight excluding hydrogens is 234 g/mol. The van der Waals surface area contributed by atoms with E-state index in [4.69, 9.17) is 11.6 Å². The highest BCUT2D eigenvalue weighted by molar-refractivity contribution is 6.29. The number of rotatable bonds is 1. The average Bonchev–Trinajstić information content (AvgIpc) is 2.20. The van der Waals surface area contributed by atoms with E-state index in [0.717, 1.165) is 12.1 Å². The molecule has 0 fully saturated rings. The van der Waals surface area contributed by atoms with Crippen LogP contribution in [-0.2, 0) is 0 Å². The van der Waals surface area contributed by atoms with Crippen LogP contribution < -0.4 is 0 Å². The number of benzene rings is 1. The SMILES string of the molecule is Cc1cc(Cl)nc(-c2ccc(F)c(F)c2)n1. The van der Waals surface area contributed by atoms with Crippen LogP contribution in [0.3, 0.4) is 0 Å². The lowest BCUT2D eigenvalue weighted by Crippen LogP contribution is -1.93. The molecule has 0 N–H and O–H groups in total. The van der Waals surface area contributed by atoms with Crippen molar-refractivity contribution in [2.24, 2.45) is 0 Å². The van der Waals surface area contributed by atoms with Gasteiger partial charge in [0.15, 0.2) is 17.5 Å². The first-order valence-electron chi connectivity index (χ1n) is 4.53. The summed E-state index contributed by atoms with van der Waals surface area (Å²) >= 11 is 5.75. The van der Waals surface area contributed by atoms with Gasteiger partial charge in [0.1, 0.15) is 5.15 Å². The average molecular weight is 241 g/mol. The van der Waals surface area contributed by atoms with Crippen molar-refractivity contribution >= 4 is 11.6 Å². The van der Waals surface area contributed by atoms with Crippen molar-refractivity contribution in [2.75, 3.05) is 0 Å². The minimum atomic E-state index is -0.932. The number of halogens is 3. The molecule has 16 heavy (non-hydrogen) atoms. The fraction of sp³-hybridized carbons (Fsp3) is 0.0909. The molecule has 0 saturated carbocycles. The highest BCUT2D eigenvalue weighted by Crippen LogP contribution is 2.20. The van der Waals surface area contributed by atoms with E-state index >= 15 is 0 Å². The first-order valence-corrected chi connectivity index (χ1v) is 4.90. The van der Waals surface area contributed by atoms with E-state index in [2.05, 4.69) is 9.97 Å². The van der Waals surface area contributed by atoms with E-state index < -0.39 is 11.6 Å². The van der Waals surface area contributed by atoms with Crippen molar-refractivity contribution in [3.05, 3.63) is 46.7 Å². The van der Waals surface area contributed by atoms with Gasteiger partial charge in [-0.25, -0.2) is 18.7 Å². The lowest BCUT2D eigenvalue weighted by molar-refractivity contribution is 0.509. The molecule has 1 aromatic heterocycles. The number of hydrogen-bond acceptors (Lipinski definition) is 2. The van der Waals surface area contributed by atoms with Crippen LogP contribution in [0.5, 0.6) is 0 Å². The summed E-state index contributed by atoms with van der Waals surface area (Å²) in [4.78, 5) is 8.03. The van der Waals surface area contributed by atoms with Crippen molar-refractivity contribution in [3.8, 4) is 11.4 Å². The molecule has 2 aromatic rings. The highest BCUT2D eigenvalue weighted by Gasteiger charge is 2.07. The summed E-state index contributed by atoms with van der Waals surface area (Å²) in [6.45, 7) is 1.75. The van der Waals surface area contributed by atoms with Gasteiger partial charge in [0.05, 0.1) is 0 Å². The van der Waals surface area contributed by atoms with Crippen LogP contribution in [0.2, 0.25) is 5.15 Å². The molecule has 2 rings (SSSR count). The third-order valence-corrected chi connectivity index (χ3v) is 2.19. The summed E-state index contributed by atoms with van der Waals surface area (Å²) in [5.41, 5.74) is 1.06. The molecule has 0 saturated heterocycles. The van der Waals surface area contributed by atoms with Gasteiger partial charge in [-0.3, -0.25) is 0 Å². The molecule has 1 aromatic carbocycles. The smallest absolute Gasteiger partial charge is 0.161 e. The Balaban J connectivity index is 2.54. The molecule has 0 bridgehead atoms. The lowest BCUT2D eigenvalue weighted by atomic mass is 10.2. The summed E-state index contributed by atoms with van der Waals surface area (Å²) in [5, 5.41) is 0.271. The molecule has 1 heterocycles. The topological polar surface area (TPSA) is 25.8 Å². The fourth-order valence-corrected chi connectivity index (χ4v) is 1.53. The van der Waals surface area contributed by atoms with Crippen LogP contribution in [-0.4, -0.2) is 9.97 Å². The van der Waals surface area contributed by atoms with Gasteiger partial charge < -0.3 is 0 Å². The predicted molar refractivity (Wildman–Crippen MR) is 57.1 cm³/mol. The summed E-state index contributed by atoms with van der Waals surface area (Å²) < 4.78 is 25.7. The normalized spacial score (nSPS) is 10.5. The zero-order valence-electron chi connectivity index (χ0n) is 8.34. The molecule has 0 aliphatic carbocycles. The summed E-state index contributed by atoms with van der Waals surface area (Å²) in [7, 11) is 0. The first-order chi connectivity index (χ1) is 7.56. The fourth-order valence-electron chi connectivity index (χ4n) is 1.29. The van der Waals surface area contributed by atoms with Gasteiger partial charge in [0, 0.05) is 11.3 Å². The third kappa shape index (κ3) is 2.17. The Hall–Kier alpha value is -1.55. The molecule has 0 radical (unpaired) electrons. The van der Waals surface area contributed by atoms with E-state index in [-0.39, 0.29) is 11.0 Å². The quantitative estimate of drug-likeness (QED) is 0.714. The maximum atomic E-state index is 13.0. The Morgan fingerprint density at radius 3 is 2.44 bits per heavy atom. The van der Waals surface area contributed by atoms with Gasteiger partial charge in [0.2, 0.25) is 0 Å².